The molecule has 1 aromatic carbocycles. The summed E-state index contributed by atoms with van der Waals surface area (Å²) in [5, 5.41) is 0. The van der Waals surface area contributed by atoms with Gasteiger partial charge in [-0.05, 0) is 40.5 Å². The molecule has 0 spiro atoms. The van der Waals surface area contributed by atoms with Crippen LogP contribution in [0.5, 0.6) is 0 Å². The molecular formula is C11H15BrFNO2S. The highest BCUT2D eigenvalue weighted by Gasteiger charge is 2.22. The van der Waals surface area contributed by atoms with Crippen LogP contribution in [0.25, 0.3) is 0 Å². The van der Waals surface area contributed by atoms with E-state index in [9.17, 15) is 12.8 Å². The molecule has 0 radical (unpaired) electrons. The van der Waals surface area contributed by atoms with Gasteiger partial charge in [-0.15, -0.1) is 0 Å². The molecular weight excluding hydrogens is 309 g/mol. The van der Waals surface area contributed by atoms with Crippen molar-refractivity contribution in [3.05, 3.63) is 28.5 Å². The van der Waals surface area contributed by atoms with E-state index in [0.717, 1.165) is 12.5 Å². The van der Waals surface area contributed by atoms with Gasteiger partial charge in [0.1, 0.15) is 5.82 Å². The number of rotatable bonds is 5. The molecule has 0 bridgehead atoms. The molecule has 0 fully saturated rings. The Balaban J connectivity index is 3.15. The zero-order valence-corrected chi connectivity index (χ0v) is 12.2. The van der Waals surface area contributed by atoms with E-state index in [2.05, 4.69) is 15.9 Å². The first-order valence-electron chi connectivity index (χ1n) is 5.38. The fourth-order valence-corrected chi connectivity index (χ4v) is 3.28. The number of benzene rings is 1. The highest BCUT2D eigenvalue weighted by molar-refractivity contribution is 9.10. The molecule has 0 aliphatic rings. The van der Waals surface area contributed by atoms with Crippen molar-refractivity contribution in [3.63, 3.8) is 0 Å². The number of nitrogens with zero attached hydrogens (tertiary/aromatic N) is 1. The Bertz CT molecular complexity index is 490. The van der Waals surface area contributed by atoms with Crippen molar-refractivity contribution in [2.24, 2.45) is 0 Å². The van der Waals surface area contributed by atoms with E-state index in [-0.39, 0.29) is 9.37 Å². The van der Waals surface area contributed by atoms with E-state index >= 15 is 0 Å². The van der Waals surface area contributed by atoms with Gasteiger partial charge in [-0.3, -0.25) is 0 Å². The lowest BCUT2D eigenvalue weighted by Crippen LogP contribution is -2.31. The van der Waals surface area contributed by atoms with Crippen LogP contribution in [0.3, 0.4) is 0 Å². The molecule has 3 nitrogen and oxygen atoms in total. The van der Waals surface area contributed by atoms with Gasteiger partial charge < -0.3 is 0 Å². The standard InChI is InChI=1S/C11H15BrFNO2S/c1-3-7-14(4-2)17(15,16)9-5-6-10(12)11(13)8-9/h5-6,8H,3-4,7H2,1-2H3. The lowest BCUT2D eigenvalue weighted by atomic mass is 10.3. The van der Waals surface area contributed by atoms with Gasteiger partial charge in [-0.25, -0.2) is 12.8 Å². The zero-order valence-electron chi connectivity index (χ0n) is 9.78. The average Bonchev–Trinajstić information content (AvgIpc) is 2.29. The van der Waals surface area contributed by atoms with E-state index in [4.69, 9.17) is 0 Å². The van der Waals surface area contributed by atoms with Gasteiger partial charge in [0.15, 0.2) is 0 Å². The SMILES string of the molecule is CCCN(CC)S(=O)(=O)c1ccc(Br)c(F)c1. The maximum Gasteiger partial charge on any atom is 0.243 e. The summed E-state index contributed by atoms with van der Waals surface area (Å²) < 4.78 is 39.3. The van der Waals surface area contributed by atoms with E-state index in [1.807, 2.05) is 6.92 Å². The fourth-order valence-electron chi connectivity index (χ4n) is 1.48. The molecule has 17 heavy (non-hydrogen) atoms. The Morgan fingerprint density at radius 2 is 2.00 bits per heavy atom. The highest BCUT2D eigenvalue weighted by Crippen LogP contribution is 2.22. The Morgan fingerprint density at radius 1 is 1.35 bits per heavy atom. The molecule has 0 unspecified atom stereocenters. The predicted molar refractivity (Wildman–Crippen MR) is 68.8 cm³/mol. The van der Waals surface area contributed by atoms with Crippen molar-refractivity contribution in [3.8, 4) is 0 Å². The van der Waals surface area contributed by atoms with Crippen molar-refractivity contribution in [2.75, 3.05) is 13.1 Å². The van der Waals surface area contributed by atoms with Gasteiger partial charge in [0.05, 0.1) is 9.37 Å². The zero-order chi connectivity index (χ0) is 13.1. The largest absolute Gasteiger partial charge is 0.243 e. The summed E-state index contributed by atoms with van der Waals surface area (Å²) in [7, 11) is -3.58. The van der Waals surface area contributed by atoms with Crippen molar-refractivity contribution in [2.45, 2.75) is 25.2 Å². The Morgan fingerprint density at radius 3 is 2.47 bits per heavy atom. The number of hydrogen-bond donors (Lipinski definition) is 0. The minimum Gasteiger partial charge on any atom is -0.207 e. The normalized spacial score (nSPS) is 12.1. The van der Waals surface area contributed by atoms with Crippen molar-refractivity contribution < 1.29 is 12.8 Å². The van der Waals surface area contributed by atoms with E-state index < -0.39 is 15.8 Å². The predicted octanol–water partition coefficient (Wildman–Crippen LogP) is 3.01. The van der Waals surface area contributed by atoms with Crippen LogP contribution in [-0.4, -0.2) is 25.8 Å². The molecule has 0 saturated heterocycles. The van der Waals surface area contributed by atoms with Gasteiger partial charge >= 0.3 is 0 Å². The van der Waals surface area contributed by atoms with E-state index in [1.54, 1.807) is 6.92 Å². The van der Waals surface area contributed by atoms with Gasteiger partial charge in [0.25, 0.3) is 0 Å². The summed E-state index contributed by atoms with van der Waals surface area (Å²) in [5.41, 5.74) is 0. The summed E-state index contributed by atoms with van der Waals surface area (Å²) in [5.74, 6) is -0.571. The number of sulfonamides is 1. The van der Waals surface area contributed by atoms with Crippen LogP contribution < -0.4 is 0 Å². The molecule has 0 N–H and O–H groups in total. The first-order chi connectivity index (χ1) is 7.93. The van der Waals surface area contributed by atoms with Crippen LogP contribution in [0, 0.1) is 5.82 Å². The number of hydrogen-bond acceptors (Lipinski definition) is 2. The smallest absolute Gasteiger partial charge is 0.207 e. The lowest BCUT2D eigenvalue weighted by Gasteiger charge is -2.19. The third kappa shape index (κ3) is 3.26. The van der Waals surface area contributed by atoms with Crippen LogP contribution >= 0.6 is 15.9 Å². The van der Waals surface area contributed by atoms with Gasteiger partial charge in [0, 0.05) is 13.1 Å². The maximum absolute atomic E-state index is 13.3. The molecule has 0 heterocycles. The van der Waals surface area contributed by atoms with Gasteiger partial charge in [0.2, 0.25) is 10.0 Å². The topological polar surface area (TPSA) is 37.4 Å². The maximum atomic E-state index is 13.3. The summed E-state index contributed by atoms with van der Waals surface area (Å²) in [6, 6.07) is 3.85. The van der Waals surface area contributed by atoms with Crippen LogP contribution in [0.15, 0.2) is 27.6 Å². The van der Waals surface area contributed by atoms with Crippen molar-refractivity contribution >= 4 is 26.0 Å². The first-order valence-corrected chi connectivity index (χ1v) is 7.62. The second-order valence-corrected chi connectivity index (χ2v) is 6.36. The summed E-state index contributed by atoms with van der Waals surface area (Å²) in [4.78, 5) is -0.00602. The first kappa shape index (κ1) is 14.6. The molecule has 1 rings (SSSR count). The Kier molecular flexibility index (Phi) is 5.09. The van der Waals surface area contributed by atoms with Gasteiger partial charge in [-0.1, -0.05) is 13.8 Å². The highest BCUT2D eigenvalue weighted by atomic mass is 79.9. The van der Waals surface area contributed by atoms with Crippen molar-refractivity contribution in [1.82, 2.24) is 4.31 Å². The van der Waals surface area contributed by atoms with Crippen LogP contribution in [-0.2, 0) is 10.0 Å². The number of halogens is 2. The molecule has 0 amide bonds. The second kappa shape index (κ2) is 5.93. The summed E-state index contributed by atoms with van der Waals surface area (Å²) >= 11 is 3.00. The third-order valence-corrected chi connectivity index (χ3v) is 4.97. The summed E-state index contributed by atoms with van der Waals surface area (Å²) in [6.45, 7) is 4.49. The molecule has 1 aromatic rings. The summed E-state index contributed by atoms with van der Waals surface area (Å²) in [6.07, 6.45) is 0.728. The third-order valence-electron chi connectivity index (χ3n) is 2.35. The fraction of sp³-hybridized carbons (Fsp3) is 0.455. The van der Waals surface area contributed by atoms with Crippen LogP contribution in [0.1, 0.15) is 20.3 Å². The van der Waals surface area contributed by atoms with Crippen molar-refractivity contribution in [1.29, 1.82) is 0 Å². The molecule has 6 heteroatoms. The molecule has 0 aliphatic heterocycles. The quantitative estimate of drug-likeness (QED) is 0.835. The molecule has 0 atom stereocenters. The molecule has 0 saturated carbocycles. The lowest BCUT2D eigenvalue weighted by molar-refractivity contribution is 0.426. The van der Waals surface area contributed by atoms with Crippen LogP contribution in [0.4, 0.5) is 4.39 Å². The van der Waals surface area contributed by atoms with E-state index in [1.165, 1.54) is 16.4 Å². The molecule has 0 aromatic heterocycles. The Labute approximate surface area is 110 Å². The minimum absolute atomic E-state index is 0.00602. The molecule has 96 valence electrons. The monoisotopic (exact) mass is 323 g/mol. The minimum atomic E-state index is -3.58. The van der Waals surface area contributed by atoms with E-state index in [0.29, 0.717) is 13.1 Å². The average molecular weight is 324 g/mol. The second-order valence-electron chi connectivity index (χ2n) is 3.57. The Hall–Kier alpha value is -0.460. The van der Waals surface area contributed by atoms with Gasteiger partial charge in [-0.2, -0.15) is 4.31 Å². The molecule has 0 aliphatic carbocycles. The van der Waals surface area contributed by atoms with Crippen LogP contribution in [0.2, 0.25) is 0 Å².